The minimum atomic E-state index is -0.851. The Morgan fingerprint density at radius 3 is 2.54 bits per heavy atom. The van der Waals surface area contributed by atoms with Crippen molar-refractivity contribution in [2.24, 2.45) is 0 Å². The van der Waals surface area contributed by atoms with Crippen LogP contribution in [0.4, 0.5) is 4.79 Å². The van der Waals surface area contributed by atoms with Gasteiger partial charge >= 0.3 is 12.1 Å². The lowest BCUT2D eigenvalue weighted by Gasteiger charge is -2.30. The molecule has 26 heavy (non-hydrogen) atoms. The Morgan fingerprint density at radius 1 is 1.23 bits per heavy atom. The lowest BCUT2D eigenvalue weighted by molar-refractivity contribution is -0.136. The number of aliphatic carboxylic acids is 1. The molecule has 3 rings (SSSR count). The summed E-state index contributed by atoms with van der Waals surface area (Å²) < 4.78 is 7.29. The van der Waals surface area contributed by atoms with E-state index in [1.165, 1.54) is 0 Å². The highest BCUT2D eigenvalue weighted by Crippen LogP contribution is 2.23. The molecule has 1 aromatic heterocycles. The number of ether oxygens (including phenoxy) is 1. The molecule has 1 aliphatic heterocycles. The maximum atomic E-state index is 12.3. The van der Waals surface area contributed by atoms with Crippen molar-refractivity contribution < 1.29 is 19.4 Å². The van der Waals surface area contributed by atoms with Gasteiger partial charge in [-0.1, -0.05) is 12.1 Å². The molecular formula is C19H23N3O4. The molecule has 1 N–H and O–H groups in total. The molecule has 7 nitrogen and oxygen atoms in total. The van der Waals surface area contributed by atoms with Gasteiger partial charge in [-0.2, -0.15) is 5.10 Å². The summed E-state index contributed by atoms with van der Waals surface area (Å²) in [5.74, 6) is -0.851. The minimum Gasteiger partial charge on any atom is -0.481 e. The number of hydrogen-bond acceptors (Lipinski definition) is 4. The van der Waals surface area contributed by atoms with Gasteiger partial charge in [-0.25, -0.2) is 9.48 Å². The number of carbonyl (C=O) groups excluding carboxylic acids is 1. The molecular weight excluding hydrogens is 334 g/mol. The summed E-state index contributed by atoms with van der Waals surface area (Å²) in [5.41, 5.74) is 3.18. The van der Waals surface area contributed by atoms with E-state index >= 15 is 0 Å². The second-order valence-corrected chi connectivity index (χ2v) is 7.42. The number of amides is 1. The third-order valence-electron chi connectivity index (χ3n) is 4.12. The number of nitrogens with zero attached hydrogens (tertiary/aromatic N) is 3. The van der Waals surface area contributed by atoms with Gasteiger partial charge in [-0.15, -0.1) is 0 Å². The zero-order valence-corrected chi connectivity index (χ0v) is 15.2. The van der Waals surface area contributed by atoms with Crippen molar-refractivity contribution in [1.82, 2.24) is 14.7 Å². The van der Waals surface area contributed by atoms with E-state index in [9.17, 15) is 9.59 Å². The molecule has 1 aliphatic rings. The Kier molecular flexibility index (Phi) is 4.71. The topological polar surface area (TPSA) is 84.7 Å². The predicted octanol–water partition coefficient (Wildman–Crippen LogP) is 2.79. The molecule has 0 atom stereocenters. The molecule has 0 saturated heterocycles. The summed E-state index contributed by atoms with van der Waals surface area (Å²) in [4.78, 5) is 24.7. The summed E-state index contributed by atoms with van der Waals surface area (Å²) in [6.45, 7) is 6.61. The van der Waals surface area contributed by atoms with Gasteiger partial charge in [-0.05, 0) is 38.5 Å². The van der Waals surface area contributed by atoms with Gasteiger partial charge in [0.15, 0.2) is 0 Å². The first-order valence-electron chi connectivity index (χ1n) is 8.58. The molecule has 7 heteroatoms. The molecule has 1 aromatic carbocycles. The molecule has 0 spiro atoms. The second-order valence-electron chi connectivity index (χ2n) is 7.42. The van der Waals surface area contributed by atoms with Crippen molar-refractivity contribution in [1.29, 1.82) is 0 Å². The van der Waals surface area contributed by atoms with Gasteiger partial charge in [-0.3, -0.25) is 4.79 Å². The van der Waals surface area contributed by atoms with Gasteiger partial charge < -0.3 is 14.7 Å². The van der Waals surface area contributed by atoms with E-state index in [0.29, 0.717) is 19.5 Å². The number of aromatic nitrogens is 2. The van der Waals surface area contributed by atoms with Crippen LogP contribution < -0.4 is 0 Å². The second kappa shape index (κ2) is 6.82. The van der Waals surface area contributed by atoms with E-state index in [1.54, 1.807) is 23.2 Å². The van der Waals surface area contributed by atoms with Gasteiger partial charge in [0, 0.05) is 18.5 Å². The summed E-state index contributed by atoms with van der Waals surface area (Å²) in [6.07, 6.45) is 2.15. The Hall–Kier alpha value is -2.83. The van der Waals surface area contributed by atoms with Crippen LogP contribution in [0, 0.1) is 0 Å². The first kappa shape index (κ1) is 18.0. The summed E-state index contributed by atoms with van der Waals surface area (Å²) in [5, 5.41) is 13.3. The van der Waals surface area contributed by atoms with Gasteiger partial charge in [0.05, 0.1) is 30.5 Å². The van der Waals surface area contributed by atoms with Gasteiger partial charge in [0.25, 0.3) is 0 Å². The molecule has 1 amide bonds. The molecule has 0 radical (unpaired) electrons. The normalized spacial score (nSPS) is 14.0. The van der Waals surface area contributed by atoms with Crippen molar-refractivity contribution >= 4 is 12.1 Å². The molecule has 0 saturated carbocycles. The van der Waals surface area contributed by atoms with Crippen molar-refractivity contribution in [3.63, 3.8) is 0 Å². The molecule has 2 heterocycles. The van der Waals surface area contributed by atoms with Crippen molar-refractivity contribution in [3.8, 4) is 5.69 Å². The number of rotatable bonds is 3. The van der Waals surface area contributed by atoms with E-state index in [-0.39, 0.29) is 12.5 Å². The lowest BCUT2D eigenvalue weighted by atomic mass is 10.1. The van der Waals surface area contributed by atoms with E-state index in [1.807, 2.05) is 37.6 Å². The molecule has 0 fully saturated rings. The standard InChI is InChI=1S/C19H23N3O4/c1-19(2,3)26-18(25)21-9-8-16-14(12-21)11-20-22(16)15-6-4-13(5-7-15)10-17(23)24/h4-7,11H,8-10,12H2,1-3H3,(H,23,24). The van der Waals surface area contributed by atoms with Crippen LogP contribution in [-0.2, 0) is 28.9 Å². The zero-order valence-electron chi connectivity index (χ0n) is 15.2. The van der Waals surface area contributed by atoms with Crippen LogP contribution in [0.1, 0.15) is 37.6 Å². The fourth-order valence-corrected chi connectivity index (χ4v) is 2.97. The zero-order chi connectivity index (χ0) is 18.9. The Balaban J connectivity index is 1.75. The highest BCUT2D eigenvalue weighted by atomic mass is 16.6. The fourth-order valence-electron chi connectivity index (χ4n) is 2.97. The average Bonchev–Trinajstić information content (AvgIpc) is 2.96. The van der Waals surface area contributed by atoms with E-state index < -0.39 is 11.6 Å². The number of benzene rings is 1. The van der Waals surface area contributed by atoms with Crippen LogP contribution in [0.5, 0.6) is 0 Å². The quantitative estimate of drug-likeness (QED) is 0.913. The maximum absolute atomic E-state index is 12.3. The van der Waals surface area contributed by atoms with Crippen LogP contribution in [0.25, 0.3) is 5.69 Å². The Morgan fingerprint density at radius 2 is 1.92 bits per heavy atom. The van der Waals surface area contributed by atoms with Crippen LogP contribution in [-0.4, -0.2) is 44.0 Å². The third-order valence-corrected chi connectivity index (χ3v) is 4.12. The Labute approximate surface area is 152 Å². The van der Waals surface area contributed by atoms with Gasteiger partial charge in [0.2, 0.25) is 0 Å². The molecule has 2 aromatic rings. The fraction of sp³-hybridized carbons (Fsp3) is 0.421. The van der Waals surface area contributed by atoms with Crippen LogP contribution >= 0.6 is 0 Å². The molecule has 138 valence electrons. The molecule has 0 bridgehead atoms. The highest BCUT2D eigenvalue weighted by Gasteiger charge is 2.27. The Bertz CT molecular complexity index is 818. The minimum absolute atomic E-state index is 0.00232. The first-order chi connectivity index (χ1) is 12.2. The lowest BCUT2D eigenvalue weighted by Crippen LogP contribution is -2.40. The number of fused-ring (bicyclic) bond motifs is 1. The van der Waals surface area contributed by atoms with Crippen LogP contribution in [0.2, 0.25) is 0 Å². The van der Waals surface area contributed by atoms with E-state index in [2.05, 4.69) is 5.10 Å². The number of carboxylic acid groups (broad SMARTS) is 1. The SMILES string of the molecule is CC(C)(C)OC(=O)N1CCc2c(cnn2-c2ccc(CC(=O)O)cc2)C1. The van der Waals surface area contributed by atoms with Gasteiger partial charge in [0.1, 0.15) is 5.60 Å². The average molecular weight is 357 g/mol. The number of hydrogen-bond donors (Lipinski definition) is 1. The van der Waals surface area contributed by atoms with Crippen LogP contribution in [0.15, 0.2) is 30.5 Å². The van der Waals surface area contributed by atoms with Crippen molar-refractivity contribution in [3.05, 3.63) is 47.3 Å². The van der Waals surface area contributed by atoms with E-state index in [0.717, 1.165) is 22.5 Å². The van der Waals surface area contributed by atoms with Crippen LogP contribution in [0.3, 0.4) is 0 Å². The third kappa shape index (κ3) is 4.04. The highest BCUT2D eigenvalue weighted by molar-refractivity contribution is 5.70. The maximum Gasteiger partial charge on any atom is 0.410 e. The van der Waals surface area contributed by atoms with Crippen molar-refractivity contribution in [2.45, 2.75) is 45.8 Å². The smallest absolute Gasteiger partial charge is 0.410 e. The van der Waals surface area contributed by atoms with E-state index in [4.69, 9.17) is 9.84 Å². The molecule has 0 unspecified atom stereocenters. The largest absolute Gasteiger partial charge is 0.481 e. The van der Waals surface area contributed by atoms with Crippen molar-refractivity contribution in [2.75, 3.05) is 6.54 Å². The first-order valence-corrected chi connectivity index (χ1v) is 8.58. The molecule has 0 aliphatic carbocycles. The number of carbonyl (C=O) groups is 2. The number of carboxylic acids is 1. The summed E-state index contributed by atoms with van der Waals surface area (Å²) in [7, 11) is 0. The summed E-state index contributed by atoms with van der Waals surface area (Å²) in [6, 6.07) is 7.33. The summed E-state index contributed by atoms with van der Waals surface area (Å²) >= 11 is 0. The predicted molar refractivity (Wildman–Crippen MR) is 95.3 cm³/mol. The monoisotopic (exact) mass is 357 g/mol.